The highest BCUT2D eigenvalue weighted by molar-refractivity contribution is 7.89. The summed E-state index contributed by atoms with van der Waals surface area (Å²) in [6.45, 7) is 2.83. The molecular formula is C14H19N3O4S. The van der Waals surface area contributed by atoms with Gasteiger partial charge in [-0.2, -0.15) is 5.10 Å². The van der Waals surface area contributed by atoms with Crippen LogP contribution in [0.25, 0.3) is 0 Å². The molecule has 7 nitrogen and oxygen atoms in total. The summed E-state index contributed by atoms with van der Waals surface area (Å²) in [6, 6.07) is 6.22. The van der Waals surface area contributed by atoms with Gasteiger partial charge >= 0.3 is 0 Å². The molecule has 0 fully saturated rings. The second-order valence-corrected chi connectivity index (χ2v) is 6.27. The maximum absolute atomic E-state index is 12.3. The zero-order chi connectivity index (χ0) is 16.2. The smallest absolute Gasteiger partial charge is 0.241 e. The Balaban J connectivity index is 2.16. The molecule has 0 saturated heterocycles. The summed E-state index contributed by atoms with van der Waals surface area (Å²) in [6.07, 6.45) is 1.81. The van der Waals surface area contributed by atoms with E-state index < -0.39 is 10.0 Å². The molecule has 0 aliphatic rings. The Morgan fingerprint density at radius 3 is 2.50 bits per heavy atom. The maximum Gasteiger partial charge on any atom is 0.241 e. The van der Waals surface area contributed by atoms with Crippen LogP contribution < -0.4 is 14.2 Å². The van der Waals surface area contributed by atoms with Gasteiger partial charge in [-0.15, -0.1) is 0 Å². The van der Waals surface area contributed by atoms with Crippen LogP contribution in [0.5, 0.6) is 11.5 Å². The molecule has 0 bridgehead atoms. The van der Waals surface area contributed by atoms with E-state index in [0.717, 1.165) is 6.54 Å². The van der Waals surface area contributed by atoms with Gasteiger partial charge in [0, 0.05) is 18.8 Å². The highest BCUT2D eigenvalue weighted by Gasteiger charge is 2.17. The van der Waals surface area contributed by atoms with Gasteiger partial charge in [0.1, 0.15) is 0 Å². The Morgan fingerprint density at radius 1 is 1.18 bits per heavy atom. The predicted octanol–water partition coefficient (Wildman–Crippen LogP) is 1.40. The fourth-order valence-corrected chi connectivity index (χ4v) is 2.92. The number of sulfonamides is 1. The van der Waals surface area contributed by atoms with Crippen LogP contribution >= 0.6 is 0 Å². The summed E-state index contributed by atoms with van der Waals surface area (Å²) < 4.78 is 39.1. The summed E-state index contributed by atoms with van der Waals surface area (Å²) >= 11 is 0. The monoisotopic (exact) mass is 325 g/mol. The van der Waals surface area contributed by atoms with Crippen molar-refractivity contribution in [1.82, 2.24) is 14.5 Å². The molecule has 2 aromatic rings. The summed E-state index contributed by atoms with van der Waals surface area (Å²) in [5.41, 5.74) is 0.658. The number of aryl methyl sites for hydroxylation is 1. The van der Waals surface area contributed by atoms with Gasteiger partial charge < -0.3 is 9.47 Å². The number of rotatable bonds is 7. The van der Waals surface area contributed by atoms with Crippen molar-refractivity contribution in [3.8, 4) is 11.5 Å². The van der Waals surface area contributed by atoms with Crippen LogP contribution in [0, 0.1) is 0 Å². The number of nitrogens with one attached hydrogen (secondary N) is 1. The highest BCUT2D eigenvalue weighted by Crippen LogP contribution is 2.29. The third-order valence-electron chi connectivity index (χ3n) is 3.13. The molecule has 0 aliphatic carbocycles. The van der Waals surface area contributed by atoms with Gasteiger partial charge in [0.15, 0.2) is 11.5 Å². The number of methoxy groups -OCH3 is 2. The normalized spacial score (nSPS) is 11.4. The molecule has 0 amide bonds. The highest BCUT2D eigenvalue weighted by atomic mass is 32.2. The largest absolute Gasteiger partial charge is 0.493 e. The maximum atomic E-state index is 12.3. The van der Waals surface area contributed by atoms with Gasteiger partial charge in [0.2, 0.25) is 10.0 Å². The van der Waals surface area contributed by atoms with Crippen LogP contribution in [0.15, 0.2) is 35.4 Å². The predicted molar refractivity (Wildman–Crippen MR) is 81.5 cm³/mol. The van der Waals surface area contributed by atoms with Crippen molar-refractivity contribution in [2.45, 2.75) is 24.9 Å². The van der Waals surface area contributed by atoms with Gasteiger partial charge in [-0.25, -0.2) is 13.1 Å². The standard InChI is InChI=1S/C14H19N3O4S/c1-4-17-8-7-11(16-17)10-15-22(18,19)12-5-6-13(20-2)14(9-12)21-3/h5-9,15H,4,10H2,1-3H3. The average molecular weight is 325 g/mol. The van der Waals surface area contributed by atoms with E-state index in [1.807, 2.05) is 6.92 Å². The van der Waals surface area contributed by atoms with Crippen molar-refractivity contribution in [3.05, 3.63) is 36.2 Å². The minimum absolute atomic E-state index is 0.111. The van der Waals surface area contributed by atoms with Gasteiger partial charge in [-0.1, -0.05) is 0 Å². The van der Waals surface area contributed by atoms with Crippen molar-refractivity contribution in [3.63, 3.8) is 0 Å². The molecule has 1 N–H and O–H groups in total. The van der Waals surface area contributed by atoms with Gasteiger partial charge in [-0.05, 0) is 25.1 Å². The van der Waals surface area contributed by atoms with Crippen LogP contribution in [0.1, 0.15) is 12.6 Å². The fourth-order valence-electron chi connectivity index (χ4n) is 1.91. The van der Waals surface area contributed by atoms with E-state index in [0.29, 0.717) is 17.2 Å². The quantitative estimate of drug-likeness (QED) is 0.832. The van der Waals surface area contributed by atoms with Crippen LogP contribution in [-0.2, 0) is 23.1 Å². The lowest BCUT2D eigenvalue weighted by atomic mass is 10.3. The van der Waals surface area contributed by atoms with Crippen LogP contribution in [-0.4, -0.2) is 32.4 Å². The number of hydrogen-bond acceptors (Lipinski definition) is 5. The first kappa shape index (κ1) is 16.3. The first-order valence-electron chi connectivity index (χ1n) is 6.74. The molecule has 1 aromatic heterocycles. The summed E-state index contributed by atoms with van der Waals surface area (Å²) in [5.74, 6) is 0.837. The Hall–Kier alpha value is -2.06. The molecule has 0 saturated carbocycles. The van der Waals surface area contributed by atoms with E-state index in [1.165, 1.54) is 26.4 Å². The van der Waals surface area contributed by atoms with Crippen molar-refractivity contribution in [2.75, 3.05) is 14.2 Å². The van der Waals surface area contributed by atoms with Crippen LogP contribution in [0.2, 0.25) is 0 Å². The first-order chi connectivity index (χ1) is 10.5. The van der Waals surface area contributed by atoms with E-state index in [-0.39, 0.29) is 11.4 Å². The van der Waals surface area contributed by atoms with Gasteiger partial charge in [-0.3, -0.25) is 4.68 Å². The molecule has 1 heterocycles. The minimum atomic E-state index is -3.65. The van der Waals surface area contributed by atoms with E-state index >= 15 is 0 Å². The SMILES string of the molecule is CCn1ccc(CNS(=O)(=O)c2ccc(OC)c(OC)c2)n1. The van der Waals surface area contributed by atoms with E-state index in [9.17, 15) is 8.42 Å². The third kappa shape index (κ3) is 3.58. The molecule has 0 aliphatic heterocycles. The molecule has 0 atom stereocenters. The lowest BCUT2D eigenvalue weighted by molar-refractivity contribution is 0.354. The number of benzene rings is 1. The Bertz CT molecular complexity index is 740. The van der Waals surface area contributed by atoms with Gasteiger partial charge in [0.25, 0.3) is 0 Å². The zero-order valence-corrected chi connectivity index (χ0v) is 13.6. The topological polar surface area (TPSA) is 82.5 Å². The second-order valence-electron chi connectivity index (χ2n) is 4.50. The lowest BCUT2D eigenvalue weighted by Crippen LogP contribution is -2.23. The summed E-state index contributed by atoms with van der Waals surface area (Å²) in [5, 5.41) is 4.23. The van der Waals surface area contributed by atoms with Crippen molar-refractivity contribution in [1.29, 1.82) is 0 Å². The minimum Gasteiger partial charge on any atom is -0.493 e. The zero-order valence-electron chi connectivity index (χ0n) is 12.7. The summed E-state index contributed by atoms with van der Waals surface area (Å²) in [7, 11) is -0.697. The molecule has 8 heteroatoms. The molecule has 22 heavy (non-hydrogen) atoms. The Morgan fingerprint density at radius 2 is 1.91 bits per heavy atom. The number of ether oxygens (including phenoxy) is 2. The second kappa shape index (κ2) is 6.80. The molecule has 0 spiro atoms. The lowest BCUT2D eigenvalue weighted by Gasteiger charge is -2.10. The van der Waals surface area contributed by atoms with Crippen molar-refractivity contribution < 1.29 is 17.9 Å². The van der Waals surface area contributed by atoms with E-state index in [2.05, 4.69) is 9.82 Å². The third-order valence-corrected chi connectivity index (χ3v) is 4.53. The molecule has 0 radical (unpaired) electrons. The fraction of sp³-hybridized carbons (Fsp3) is 0.357. The summed E-state index contributed by atoms with van der Waals surface area (Å²) in [4.78, 5) is 0.111. The van der Waals surface area contributed by atoms with Crippen LogP contribution in [0.4, 0.5) is 0 Å². The van der Waals surface area contributed by atoms with E-state index in [4.69, 9.17) is 9.47 Å². The van der Waals surface area contributed by atoms with Crippen molar-refractivity contribution >= 4 is 10.0 Å². The van der Waals surface area contributed by atoms with Gasteiger partial charge in [0.05, 0.1) is 31.4 Å². The molecule has 2 rings (SSSR count). The number of aromatic nitrogens is 2. The number of nitrogens with zero attached hydrogens (tertiary/aromatic N) is 2. The molecule has 120 valence electrons. The van der Waals surface area contributed by atoms with E-state index in [1.54, 1.807) is 23.0 Å². The molecule has 1 aromatic carbocycles. The molecular weight excluding hydrogens is 306 g/mol. The Kier molecular flexibility index (Phi) is 5.04. The van der Waals surface area contributed by atoms with Crippen molar-refractivity contribution in [2.24, 2.45) is 0 Å². The molecule has 0 unspecified atom stereocenters. The Labute approximate surface area is 129 Å². The first-order valence-corrected chi connectivity index (χ1v) is 8.22. The number of hydrogen-bond donors (Lipinski definition) is 1. The van der Waals surface area contributed by atoms with Crippen LogP contribution in [0.3, 0.4) is 0 Å². The average Bonchev–Trinajstić information content (AvgIpc) is 3.00.